The lowest BCUT2D eigenvalue weighted by atomic mass is 9.82. The van der Waals surface area contributed by atoms with Gasteiger partial charge in [-0.05, 0) is 49.0 Å². The minimum Gasteiger partial charge on any atom is -0.466 e. The van der Waals surface area contributed by atoms with E-state index >= 15 is 0 Å². The molecular weight excluding hydrogens is 421 g/mol. The van der Waals surface area contributed by atoms with Crippen molar-refractivity contribution in [3.8, 4) is 11.5 Å². The molecule has 160 valence electrons. The van der Waals surface area contributed by atoms with Gasteiger partial charge in [-0.15, -0.1) is 0 Å². The molecular formula is C20H19F3N2O4S. The van der Waals surface area contributed by atoms with Crippen LogP contribution < -0.4 is 15.4 Å². The number of esters is 1. The van der Waals surface area contributed by atoms with E-state index in [0.717, 1.165) is 0 Å². The lowest BCUT2D eigenvalue weighted by Gasteiger charge is -2.45. The molecule has 2 aromatic rings. The van der Waals surface area contributed by atoms with Crippen LogP contribution in [0.25, 0.3) is 0 Å². The Hall–Kier alpha value is -2.85. The minimum atomic E-state index is -5.20. The summed E-state index contributed by atoms with van der Waals surface area (Å²) in [7, 11) is 0. The van der Waals surface area contributed by atoms with Gasteiger partial charge >= 0.3 is 12.1 Å². The highest BCUT2D eigenvalue weighted by molar-refractivity contribution is 7.80. The normalized spacial score (nSPS) is 23.8. The number of carbonyl (C=O) groups excluding carboxylic acids is 1. The summed E-state index contributed by atoms with van der Waals surface area (Å²) in [6.07, 6.45) is -5.20. The van der Waals surface area contributed by atoms with Gasteiger partial charge in [-0.25, -0.2) is 0 Å². The number of benzene rings is 2. The van der Waals surface area contributed by atoms with Crippen molar-refractivity contribution in [1.82, 2.24) is 10.6 Å². The molecule has 3 atom stereocenters. The van der Waals surface area contributed by atoms with Crippen LogP contribution in [0.1, 0.15) is 18.5 Å². The Bertz CT molecular complexity index is 926. The van der Waals surface area contributed by atoms with Crippen LogP contribution in [-0.2, 0) is 9.53 Å². The molecule has 0 bridgehead atoms. The number of alkyl halides is 3. The van der Waals surface area contributed by atoms with E-state index < -0.39 is 34.9 Å². The smallest absolute Gasteiger partial charge is 0.437 e. The van der Waals surface area contributed by atoms with Crippen LogP contribution in [0, 0.1) is 5.92 Å². The summed E-state index contributed by atoms with van der Waals surface area (Å²) in [6.45, 7) is 1.31. The van der Waals surface area contributed by atoms with Crippen molar-refractivity contribution in [3.63, 3.8) is 0 Å². The van der Waals surface area contributed by atoms with Gasteiger partial charge in [0.05, 0.1) is 12.6 Å². The zero-order valence-electron chi connectivity index (χ0n) is 15.8. The first-order chi connectivity index (χ1) is 14.2. The van der Waals surface area contributed by atoms with Crippen molar-refractivity contribution in [2.24, 2.45) is 5.92 Å². The maximum absolute atomic E-state index is 13.8. The second-order valence-electron chi connectivity index (χ2n) is 6.56. The van der Waals surface area contributed by atoms with Gasteiger partial charge in [-0.2, -0.15) is 13.2 Å². The predicted molar refractivity (Wildman–Crippen MR) is 106 cm³/mol. The van der Waals surface area contributed by atoms with E-state index in [2.05, 4.69) is 5.32 Å². The summed E-state index contributed by atoms with van der Waals surface area (Å²) in [4.78, 5) is 12.5. The van der Waals surface area contributed by atoms with Crippen LogP contribution in [0.3, 0.4) is 0 Å². The predicted octanol–water partition coefficient (Wildman–Crippen LogP) is 3.43. The second kappa shape index (κ2) is 8.49. The number of para-hydroxylation sites is 1. The molecule has 3 N–H and O–H groups in total. The van der Waals surface area contributed by atoms with Crippen molar-refractivity contribution < 1.29 is 32.5 Å². The third kappa shape index (κ3) is 4.34. The maximum atomic E-state index is 13.8. The molecule has 1 aliphatic heterocycles. The molecule has 0 saturated carbocycles. The number of hydrogen-bond donors (Lipinski definition) is 3. The van der Waals surface area contributed by atoms with Crippen LogP contribution in [-0.4, -0.2) is 34.7 Å². The first-order valence-electron chi connectivity index (χ1n) is 9.03. The fourth-order valence-corrected chi connectivity index (χ4v) is 3.49. The lowest BCUT2D eigenvalue weighted by Crippen LogP contribution is -2.73. The zero-order chi connectivity index (χ0) is 21.9. The molecule has 0 amide bonds. The topological polar surface area (TPSA) is 79.8 Å². The highest BCUT2D eigenvalue weighted by Crippen LogP contribution is 2.43. The van der Waals surface area contributed by atoms with Crippen LogP contribution in [0.5, 0.6) is 11.5 Å². The molecule has 30 heavy (non-hydrogen) atoms. The summed E-state index contributed by atoms with van der Waals surface area (Å²) >= 11 is 4.88. The fourth-order valence-electron chi connectivity index (χ4n) is 3.21. The SMILES string of the molecule is CCOC(=O)[C@H]1[C@@H](c2cccc(Oc3ccccc3)c2)NC(=S)N[C@]1(O)C(F)(F)F. The largest absolute Gasteiger partial charge is 0.466 e. The van der Waals surface area contributed by atoms with E-state index in [1.54, 1.807) is 41.7 Å². The third-order valence-corrected chi connectivity index (χ3v) is 4.76. The number of aliphatic hydroxyl groups is 1. The van der Waals surface area contributed by atoms with Crippen molar-refractivity contribution in [2.75, 3.05) is 6.61 Å². The van der Waals surface area contributed by atoms with E-state index in [-0.39, 0.29) is 12.2 Å². The van der Waals surface area contributed by atoms with Gasteiger partial charge in [0, 0.05) is 0 Å². The van der Waals surface area contributed by atoms with Crippen LogP contribution in [0.15, 0.2) is 54.6 Å². The van der Waals surface area contributed by atoms with Gasteiger partial charge in [0.1, 0.15) is 17.4 Å². The van der Waals surface area contributed by atoms with E-state index in [9.17, 15) is 23.1 Å². The molecule has 0 spiro atoms. The summed E-state index contributed by atoms with van der Waals surface area (Å²) in [5.41, 5.74) is -3.35. The summed E-state index contributed by atoms with van der Waals surface area (Å²) in [5.74, 6) is -2.42. The monoisotopic (exact) mass is 440 g/mol. The second-order valence-corrected chi connectivity index (χ2v) is 6.97. The summed E-state index contributed by atoms with van der Waals surface area (Å²) in [5, 5.41) is 14.5. The molecule has 2 aromatic carbocycles. The van der Waals surface area contributed by atoms with Gasteiger partial charge in [0.2, 0.25) is 0 Å². The van der Waals surface area contributed by atoms with Gasteiger partial charge in [0.25, 0.3) is 5.72 Å². The highest BCUT2D eigenvalue weighted by atomic mass is 32.1. The molecule has 1 fully saturated rings. The molecule has 3 rings (SSSR count). The Balaban J connectivity index is 2.02. The van der Waals surface area contributed by atoms with E-state index in [1.165, 1.54) is 19.1 Å². The number of halogens is 3. The van der Waals surface area contributed by atoms with Crippen molar-refractivity contribution >= 4 is 23.3 Å². The molecule has 1 aliphatic rings. The van der Waals surface area contributed by atoms with Crippen LogP contribution in [0.4, 0.5) is 13.2 Å². The number of ether oxygens (including phenoxy) is 2. The van der Waals surface area contributed by atoms with E-state index in [0.29, 0.717) is 11.5 Å². The summed E-state index contributed by atoms with van der Waals surface area (Å²) < 4.78 is 51.9. The molecule has 6 nitrogen and oxygen atoms in total. The molecule has 0 aromatic heterocycles. The summed E-state index contributed by atoms with van der Waals surface area (Å²) in [6, 6.07) is 13.6. The molecule has 10 heteroatoms. The average molecular weight is 440 g/mol. The Morgan fingerprint density at radius 1 is 1.17 bits per heavy atom. The Morgan fingerprint density at radius 3 is 2.47 bits per heavy atom. The number of hydrogen-bond acceptors (Lipinski definition) is 5. The quantitative estimate of drug-likeness (QED) is 0.486. The standard InChI is InChI=1S/C20H19F3N2O4S/c1-2-28-17(26)15-16(24-18(30)25-19(15,27)20(21,22)23)12-7-6-10-14(11-12)29-13-8-4-3-5-9-13/h3-11,15-16,27H,2H2,1H3,(H2,24,25,30)/t15-,16-,19-/m1/s1. The van der Waals surface area contributed by atoms with Gasteiger partial charge in [-0.3, -0.25) is 4.79 Å². The molecule has 1 saturated heterocycles. The first kappa shape index (κ1) is 21.8. The fraction of sp³-hybridized carbons (Fsp3) is 0.300. The maximum Gasteiger partial charge on any atom is 0.437 e. The van der Waals surface area contributed by atoms with Crippen LogP contribution in [0.2, 0.25) is 0 Å². The highest BCUT2D eigenvalue weighted by Gasteiger charge is 2.66. The van der Waals surface area contributed by atoms with Crippen LogP contribution >= 0.6 is 12.2 Å². The average Bonchev–Trinajstić information content (AvgIpc) is 2.67. The van der Waals surface area contributed by atoms with E-state index in [4.69, 9.17) is 21.7 Å². The Labute approximate surface area is 176 Å². The number of carbonyl (C=O) groups is 1. The minimum absolute atomic E-state index is 0.155. The van der Waals surface area contributed by atoms with Gasteiger partial charge < -0.3 is 25.2 Å². The van der Waals surface area contributed by atoms with Gasteiger partial charge in [-0.1, -0.05) is 30.3 Å². The number of rotatable bonds is 5. The van der Waals surface area contributed by atoms with Crippen molar-refractivity contribution in [3.05, 3.63) is 60.2 Å². The molecule has 1 heterocycles. The third-order valence-electron chi connectivity index (χ3n) is 4.54. The lowest BCUT2D eigenvalue weighted by molar-refractivity contribution is -0.292. The van der Waals surface area contributed by atoms with Crippen molar-refractivity contribution in [2.45, 2.75) is 24.9 Å². The number of thiocarbonyl (C=S) groups is 1. The first-order valence-corrected chi connectivity index (χ1v) is 9.44. The molecule has 0 unspecified atom stereocenters. The van der Waals surface area contributed by atoms with Crippen molar-refractivity contribution in [1.29, 1.82) is 0 Å². The molecule has 0 aliphatic carbocycles. The van der Waals surface area contributed by atoms with E-state index in [1.807, 2.05) is 6.07 Å². The number of nitrogens with one attached hydrogen (secondary N) is 2. The molecule has 0 radical (unpaired) electrons. The Morgan fingerprint density at radius 2 is 1.83 bits per heavy atom. The zero-order valence-corrected chi connectivity index (χ0v) is 16.6. The Kier molecular flexibility index (Phi) is 6.18. The van der Waals surface area contributed by atoms with Gasteiger partial charge in [0.15, 0.2) is 5.11 Å².